The Morgan fingerprint density at radius 3 is 2.82 bits per heavy atom. The van der Waals surface area contributed by atoms with E-state index in [-0.39, 0.29) is 0 Å². The van der Waals surface area contributed by atoms with Crippen LogP contribution in [0.3, 0.4) is 0 Å². The first kappa shape index (κ1) is 11.6. The monoisotopic (exact) mass is 231 g/mol. The normalized spacial score (nSPS) is 16.2. The molecule has 0 atom stereocenters. The van der Waals surface area contributed by atoms with Crippen molar-refractivity contribution in [1.82, 2.24) is 9.97 Å². The predicted molar refractivity (Wildman–Crippen MR) is 66.5 cm³/mol. The van der Waals surface area contributed by atoms with Gasteiger partial charge in [0.2, 0.25) is 0 Å². The van der Waals surface area contributed by atoms with Crippen LogP contribution in [0.15, 0.2) is 12.4 Å². The number of nitrogens with one attached hydrogen (secondary N) is 1. The molecule has 0 radical (unpaired) electrons. The number of nitrogens with zero attached hydrogens (tertiary/aromatic N) is 4. The summed E-state index contributed by atoms with van der Waals surface area (Å²) in [4.78, 5) is 10.4. The topological polar surface area (TPSA) is 64.8 Å². The van der Waals surface area contributed by atoms with Crippen LogP contribution in [0.1, 0.15) is 32.1 Å². The summed E-state index contributed by atoms with van der Waals surface area (Å²) >= 11 is 0. The molecule has 1 aromatic heterocycles. The molecule has 17 heavy (non-hydrogen) atoms. The summed E-state index contributed by atoms with van der Waals surface area (Å²) in [7, 11) is 2.06. The Labute approximate surface area is 101 Å². The molecule has 1 fully saturated rings. The fraction of sp³-hybridized carbons (Fsp3) is 0.583. The van der Waals surface area contributed by atoms with E-state index >= 15 is 0 Å². The minimum Gasteiger partial charge on any atom is -0.357 e. The number of nitriles is 1. The second-order valence-electron chi connectivity index (χ2n) is 4.40. The first-order valence-electron chi connectivity index (χ1n) is 6.01. The Kier molecular flexibility index (Phi) is 3.76. The van der Waals surface area contributed by atoms with Gasteiger partial charge in [0.05, 0.1) is 0 Å². The summed E-state index contributed by atoms with van der Waals surface area (Å²) in [5.74, 6) is 1.44. The lowest BCUT2D eigenvalue weighted by Gasteiger charge is -2.32. The molecule has 0 spiro atoms. The van der Waals surface area contributed by atoms with Gasteiger partial charge in [-0.25, -0.2) is 9.97 Å². The second kappa shape index (κ2) is 5.48. The summed E-state index contributed by atoms with van der Waals surface area (Å²) < 4.78 is 0. The van der Waals surface area contributed by atoms with Crippen LogP contribution in [0, 0.1) is 11.5 Å². The van der Waals surface area contributed by atoms with Crippen molar-refractivity contribution in [3.8, 4) is 6.19 Å². The van der Waals surface area contributed by atoms with Crippen molar-refractivity contribution in [2.75, 3.05) is 17.3 Å². The zero-order chi connectivity index (χ0) is 12.1. The first-order valence-corrected chi connectivity index (χ1v) is 6.01. The molecule has 2 rings (SSSR count). The van der Waals surface area contributed by atoms with E-state index in [1.807, 2.05) is 12.3 Å². The number of aromatic nitrogens is 2. The Morgan fingerprint density at radius 2 is 2.12 bits per heavy atom. The van der Waals surface area contributed by atoms with Crippen molar-refractivity contribution in [3.63, 3.8) is 0 Å². The fourth-order valence-electron chi connectivity index (χ4n) is 2.32. The highest BCUT2D eigenvalue weighted by molar-refractivity contribution is 5.50. The Balaban J connectivity index is 2.09. The molecule has 1 aliphatic rings. The standard InChI is InChI=1S/C12H17N5/c1-17(10-5-3-2-4-6-10)12-7-11(14-8-13)15-9-16-12/h7,9-10H,2-6H2,1H3,(H,14,15,16). The smallest absolute Gasteiger partial charge is 0.182 e. The number of hydrogen-bond donors (Lipinski definition) is 1. The number of rotatable bonds is 3. The maximum atomic E-state index is 8.56. The fourth-order valence-corrected chi connectivity index (χ4v) is 2.32. The third-order valence-corrected chi connectivity index (χ3v) is 3.32. The highest BCUT2D eigenvalue weighted by Crippen LogP contribution is 2.25. The highest BCUT2D eigenvalue weighted by Gasteiger charge is 2.19. The first-order chi connectivity index (χ1) is 8.31. The molecule has 90 valence electrons. The Morgan fingerprint density at radius 1 is 1.35 bits per heavy atom. The van der Waals surface area contributed by atoms with Gasteiger partial charge >= 0.3 is 0 Å². The van der Waals surface area contributed by atoms with Crippen LogP contribution in [-0.2, 0) is 0 Å². The van der Waals surface area contributed by atoms with Crippen LogP contribution in [0.2, 0.25) is 0 Å². The van der Waals surface area contributed by atoms with Crippen molar-refractivity contribution in [2.24, 2.45) is 0 Å². The second-order valence-corrected chi connectivity index (χ2v) is 4.40. The van der Waals surface area contributed by atoms with Crippen LogP contribution in [0.5, 0.6) is 0 Å². The van der Waals surface area contributed by atoms with Gasteiger partial charge in [0, 0.05) is 19.2 Å². The minimum atomic E-state index is 0.556. The average Bonchev–Trinajstić information content (AvgIpc) is 2.40. The lowest BCUT2D eigenvalue weighted by molar-refractivity contribution is 0.426. The van der Waals surface area contributed by atoms with Gasteiger partial charge in [0.25, 0.3) is 0 Å². The van der Waals surface area contributed by atoms with E-state index in [0.717, 1.165) is 5.82 Å². The van der Waals surface area contributed by atoms with Crippen LogP contribution < -0.4 is 10.2 Å². The predicted octanol–water partition coefficient (Wildman–Crippen LogP) is 2.14. The Bertz CT molecular complexity index is 406. The lowest BCUT2D eigenvalue weighted by atomic mass is 9.94. The van der Waals surface area contributed by atoms with Gasteiger partial charge in [-0.2, -0.15) is 5.26 Å². The van der Waals surface area contributed by atoms with Gasteiger partial charge in [0.1, 0.15) is 18.0 Å². The van der Waals surface area contributed by atoms with E-state index in [4.69, 9.17) is 5.26 Å². The molecule has 0 bridgehead atoms. The van der Waals surface area contributed by atoms with Crippen molar-refractivity contribution in [1.29, 1.82) is 5.26 Å². The van der Waals surface area contributed by atoms with Gasteiger partial charge in [-0.3, -0.25) is 5.32 Å². The average molecular weight is 231 g/mol. The molecule has 1 aromatic rings. The number of anilines is 2. The maximum absolute atomic E-state index is 8.56. The van der Waals surface area contributed by atoms with Gasteiger partial charge in [-0.15, -0.1) is 0 Å². The minimum absolute atomic E-state index is 0.556. The molecule has 0 saturated heterocycles. The molecule has 0 unspecified atom stereocenters. The largest absolute Gasteiger partial charge is 0.357 e. The highest BCUT2D eigenvalue weighted by atomic mass is 15.2. The van der Waals surface area contributed by atoms with Crippen LogP contribution >= 0.6 is 0 Å². The van der Waals surface area contributed by atoms with Gasteiger partial charge in [-0.05, 0) is 12.8 Å². The van der Waals surface area contributed by atoms with Gasteiger partial charge in [-0.1, -0.05) is 19.3 Å². The third kappa shape index (κ3) is 2.84. The summed E-state index contributed by atoms with van der Waals surface area (Å²) in [6.07, 6.45) is 9.75. The van der Waals surface area contributed by atoms with Gasteiger partial charge < -0.3 is 4.90 Å². The lowest BCUT2D eigenvalue weighted by Crippen LogP contribution is -2.33. The molecule has 5 heteroatoms. The van der Waals surface area contributed by atoms with E-state index in [2.05, 4.69) is 27.2 Å². The maximum Gasteiger partial charge on any atom is 0.182 e. The van der Waals surface area contributed by atoms with Gasteiger partial charge in [0.15, 0.2) is 6.19 Å². The molecule has 1 heterocycles. The zero-order valence-corrected chi connectivity index (χ0v) is 10.1. The molecule has 1 saturated carbocycles. The van der Waals surface area contributed by atoms with E-state index in [1.165, 1.54) is 38.4 Å². The molecule has 5 nitrogen and oxygen atoms in total. The van der Waals surface area contributed by atoms with E-state index in [9.17, 15) is 0 Å². The van der Waals surface area contributed by atoms with Crippen molar-refractivity contribution < 1.29 is 0 Å². The van der Waals surface area contributed by atoms with E-state index in [1.54, 1.807) is 0 Å². The van der Waals surface area contributed by atoms with Crippen molar-refractivity contribution in [3.05, 3.63) is 12.4 Å². The van der Waals surface area contributed by atoms with Crippen LogP contribution in [-0.4, -0.2) is 23.1 Å². The molecular weight excluding hydrogens is 214 g/mol. The van der Waals surface area contributed by atoms with Crippen molar-refractivity contribution >= 4 is 11.6 Å². The summed E-state index contributed by atoms with van der Waals surface area (Å²) in [6, 6.07) is 2.38. The van der Waals surface area contributed by atoms with Crippen LogP contribution in [0.4, 0.5) is 11.6 Å². The summed E-state index contributed by atoms with van der Waals surface area (Å²) in [5.41, 5.74) is 0. The third-order valence-electron chi connectivity index (χ3n) is 3.32. The summed E-state index contributed by atoms with van der Waals surface area (Å²) in [5, 5.41) is 11.1. The zero-order valence-electron chi connectivity index (χ0n) is 10.1. The molecule has 0 aromatic carbocycles. The van der Waals surface area contributed by atoms with Crippen molar-refractivity contribution in [2.45, 2.75) is 38.1 Å². The molecule has 0 amide bonds. The molecule has 1 aliphatic carbocycles. The number of hydrogen-bond acceptors (Lipinski definition) is 5. The summed E-state index contributed by atoms with van der Waals surface area (Å²) in [6.45, 7) is 0. The Hall–Kier alpha value is -1.83. The van der Waals surface area contributed by atoms with Crippen LogP contribution in [0.25, 0.3) is 0 Å². The molecule has 0 aliphatic heterocycles. The van der Waals surface area contributed by atoms with E-state index < -0.39 is 0 Å². The van der Waals surface area contributed by atoms with E-state index in [0.29, 0.717) is 11.9 Å². The molecular formula is C12H17N5. The quantitative estimate of drug-likeness (QED) is 0.637. The SMILES string of the molecule is CN(c1cc(NC#N)ncn1)C1CCCCC1. The molecule has 1 N–H and O–H groups in total.